The van der Waals surface area contributed by atoms with Gasteiger partial charge in [-0.05, 0) is 49.7 Å². The molecule has 3 nitrogen and oxygen atoms in total. The van der Waals surface area contributed by atoms with Gasteiger partial charge < -0.3 is 10.6 Å². The van der Waals surface area contributed by atoms with Crippen LogP contribution in [-0.2, 0) is 11.0 Å². The van der Waals surface area contributed by atoms with Crippen molar-refractivity contribution in [3.8, 4) is 0 Å². The summed E-state index contributed by atoms with van der Waals surface area (Å²) in [5, 5.41) is 5.76. The van der Waals surface area contributed by atoms with Crippen molar-refractivity contribution in [1.82, 2.24) is 0 Å². The predicted octanol–water partition coefficient (Wildman–Crippen LogP) is 4.76. The first-order valence-electron chi connectivity index (χ1n) is 7.54. The van der Waals surface area contributed by atoms with Crippen molar-refractivity contribution in [3.05, 3.63) is 59.2 Å². The standard InChI is InChI=1S/C18H19F3N2O/c1-12-3-8-16(13(2)11-12)23-17(24)9-10-22-15-6-4-14(5-7-15)18(19,20)21/h3-8,11,22H,9-10H2,1-2H3,(H,23,24). The van der Waals surface area contributed by atoms with Crippen LogP contribution in [0, 0.1) is 13.8 Å². The van der Waals surface area contributed by atoms with Gasteiger partial charge >= 0.3 is 6.18 Å². The zero-order valence-electron chi connectivity index (χ0n) is 13.5. The summed E-state index contributed by atoms with van der Waals surface area (Å²) < 4.78 is 37.4. The van der Waals surface area contributed by atoms with Crippen molar-refractivity contribution in [2.75, 3.05) is 17.2 Å². The second-order valence-electron chi connectivity index (χ2n) is 5.62. The molecule has 2 rings (SSSR count). The molecule has 0 bridgehead atoms. The lowest BCUT2D eigenvalue weighted by Gasteiger charge is -2.11. The Hall–Kier alpha value is -2.50. The van der Waals surface area contributed by atoms with E-state index in [4.69, 9.17) is 0 Å². The van der Waals surface area contributed by atoms with Gasteiger partial charge in [-0.15, -0.1) is 0 Å². The molecule has 0 radical (unpaired) electrons. The summed E-state index contributed by atoms with van der Waals surface area (Å²) in [6.07, 6.45) is -4.13. The molecule has 0 aromatic heterocycles. The van der Waals surface area contributed by atoms with E-state index in [1.54, 1.807) is 0 Å². The van der Waals surface area contributed by atoms with Crippen LogP contribution >= 0.6 is 0 Å². The first-order valence-corrected chi connectivity index (χ1v) is 7.54. The summed E-state index contributed by atoms with van der Waals surface area (Å²) in [4.78, 5) is 11.9. The van der Waals surface area contributed by atoms with E-state index in [2.05, 4.69) is 10.6 Å². The minimum Gasteiger partial charge on any atom is -0.385 e. The molecule has 128 valence electrons. The highest BCUT2D eigenvalue weighted by molar-refractivity contribution is 5.91. The Balaban J connectivity index is 1.82. The molecule has 24 heavy (non-hydrogen) atoms. The number of hydrogen-bond acceptors (Lipinski definition) is 2. The third kappa shape index (κ3) is 5.01. The van der Waals surface area contributed by atoms with Crippen molar-refractivity contribution in [1.29, 1.82) is 0 Å². The second kappa shape index (κ2) is 7.38. The fourth-order valence-electron chi connectivity index (χ4n) is 2.26. The van der Waals surface area contributed by atoms with Crippen molar-refractivity contribution in [2.45, 2.75) is 26.4 Å². The lowest BCUT2D eigenvalue weighted by atomic mass is 10.1. The molecule has 0 aliphatic heterocycles. The van der Waals surface area contributed by atoms with Gasteiger partial charge in [-0.25, -0.2) is 0 Å². The Morgan fingerprint density at radius 1 is 1.04 bits per heavy atom. The monoisotopic (exact) mass is 336 g/mol. The van der Waals surface area contributed by atoms with Crippen LogP contribution < -0.4 is 10.6 Å². The average molecular weight is 336 g/mol. The Morgan fingerprint density at radius 2 is 1.71 bits per heavy atom. The van der Waals surface area contributed by atoms with Crippen LogP contribution in [0.25, 0.3) is 0 Å². The van der Waals surface area contributed by atoms with E-state index in [9.17, 15) is 18.0 Å². The van der Waals surface area contributed by atoms with Gasteiger partial charge in [0.2, 0.25) is 5.91 Å². The van der Waals surface area contributed by atoms with E-state index in [0.29, 0.717) is 12.2 Å². The van der Waals surface area contributed by atoms with Crippen molar-refractivity contribution in [3.63, 3.8) is 0 Å². The normalized spacial score (nSPS) is 11.2. The summed E-state index contributed by atoms with van der Waals surface area (Å²) in [5.41, 5.74) is 2.72. The molecule has 0 unspecified atom stereocenters. The van der Waals surface area contributed by atoms with E-state index in [-0.39, 0.29) is 12.3 Å². The number of aryl methyl sites for hydroxylation is 2. The van der Waals surface area contributed by atoms with E-state index >= 15 is 0 Å². The predicted molar refractivity (Wildman–Crippen MR) is 89.1 cm³/mol. The van der Waals surface area contributed by atoms with Crippen LogP contribution in [0.15, 0.2) is 42.5 Å². The minimum absolute atomic E-state index is 0.152. The number of alkyl halides is 3. The van der Waals surface area contributed by atoms with Crippen LogP contribution in [0.3, 0.4) is 0 Å². The van der Waals surface area contributed by atoms with Crippen molar-refractivity contribution in [2.24, 2.45) is 0 Å². The van der Waals surface area contributed by atoms with Gasteiger partial charge in [0.25, 0.3) is 0 Å². The van der Waals surface area contributed by atoms with E-state index in [0.717, 1.165) is 28.9 Å². The zero-order valence-corrected chi connectivity index (χ0v) is 13.5. The number of anilines is 2. The molecule has 0 aliphatic carbocycles. The summed E-state index contributed by atoms with van der Waals surface area (Å²) in [6, 6.07) is 10.5. The summed E-state index contributed by atoms with van der Waals surface area (Å²) in [5.74, 6) is -0.152. The molecule has 0 heterocycles. The molecule has 2 aromatic rings. The van der Waals surface area contributed by atoms with Crippen LogP contribution in [0.4, 0.5) is 24.5 Å². The van der Waals surface area contributed by atoms with Crippen LogP contribution in [0.5, 0.6) is 0 Å². The van der Waals surface area contributed by atoms with Gasteiger partial charge in [-0.3, -0.25) is 4.79 Å². The van der Waals surface area contributed by atoms with Crippen LogP contribution in [-0.4, -0.2) is 12.5 Å². The van der Waals surface area contributed by atoms with Crippen LogP contribution in [0.1, 0.15) is 23.1 Å². The molecule has 0 atom stereocenters. The fraction of sp³-hybridized carbons (Fsp3) is 0.278. The average Bonchev–Trinajstić information content (AvgIpc) is 2.50. The third-order valence-corrected chi connectivity index (χ3v) is 3.55. The Morgan fingerprint density at radius 3 is 2.29 bits per heavy atom. The van der Waals surface area contributed by atoms with Crippen molar-refractivity contribution >= 4 is 17.3 Å². The highest BCUT2D eigenvalue weighted by Gasteiger charge is 2.29. The number of amides is 1. The number of nitrogens with one attached hydrogen (secondary N) is 2. The molecule has 0 saturated carbocycles. The molecular formula is C18H19F3N2O. The van der Waals surface area contributed by atoms with Gasteiger partial charge in [0.15, 0.2) is 0 Å². The van der Waals surface area contributed by atoms with Gasteiger partial charge in [0.05, 0.1) is 5.56 Å². The third-order valence-electron chi connectivity index (χ3n) is 3.55. The first-order chi connectivity index (χ1) is 11.3. The number of halogens is 3. The number of rotatable bonds is 5. The van der Waals surface area contributed by atoms with Gasteiger partial charge in [-0.2, -0.15) is 13.2 Å². The topological polar surface area (TPSA) is 41.1 Å². The fourth-order valence-corrected chi connectivity index (χ4v) is 2.26. The van der Waals surface area contributed by atoms with Gasteiger partial charge in [0.1, 0.15) is 0 Å². The maximum absolute atomic E-state index is 12.5. The van der Waals surface area contributed by atoms with E-state index in [1.807, 2.05) is 32.0 Å². The number of benzene rings is 2. The summed E-state index contributed by atoms with van der Waals surface area (Å²) in [7, 11) is 0. The quantitative estimate of drug-likeness (QED) is 0.826. The maximum atomic E-state index is 12.5. The lowest BCUT2D eigenvalue weighted by Crippen LogP contribution is -2.17. The summed E-state index contributed by atoms with van der Waals surface area (Å²) in [6.45, 7) is 4.23. The number of hydrogen-bond donors (Lipinski definition) is 2. The smallest absolute Gasteiger partial charge is 0.385 e. The molecule has 2 aromatic carbocycles. The molecule has 0 fully saturated rings. The zero-order chi connectivity index (χ0) is 17.7. The Labute approximate surface area is 138 Å². The summed E-state index contributed by atoms with van der Waals surface area (Å²) >= 11 is 0. The molecule has 0 aliphatic rings. The maximum Gasteiger partial charge on any atom is 0.416 e. The minimum atomic E-state index is -4.34. The van der Waals surface area contributed by atoms with Crippen molar-refractivity contribution < 1.29 is 18.0 Å². The Bertz CT molecular complexity index is 709. The van der Waals surface area contributed by atoms with Crippen LogP contribution in [0.2, 0.25) is 0 Å². The van der Waals surface area contributed by atoms with E-state index < -0.39 is 11.7 Å². The molecule has 0 spiro atoms. The molecular weight excluding hydrogens is 317 g/mol. The first kappa shape index (κ1) is 17.8. The van der Waals surface area contributed by atoms with Gasteiger partial charge in [-0.1, -0.05) is 17.7 Å². The molecule has 1 amide bonds. The highest BCUT2D eigenvalue weighted by atomic mass is 19.4. The largest absolute Gasteiger partial charge is 0.416 e. The Kier molecular flexibility index (Phi) is 5.49. The number of carbonyl (C=O) groups excluding carboxylic acids is 1. The SMILES string of the molecule is Cc1ccc(NC(=O)CCNc2ccc(C(F)(F)F)cc2)c(C)c1. The highest BCUT2D eigenvalue weighted by Crippen LogP contribution is 2.29. The van der Waals surface area contributed by atoms with Gasteiger partial charge in [0, 0.05) is 24.3 Å². The lowest BCUT2D eigenvalue weighted by molar-refractivity contribution is -0.137. The number of carbonyl (C=O) groups is 1. The molecule has 2 N–H and O–H groups in total. The second-order valence-corrected chi connectivity index (χ2v) is 5.62. The van der Waals surface area contributed by atoms with E-state index in [1.165, 1.54) is 12.1 Å². The molecule has 6 heteroatoms. The molecule has 0 saturated heterocycles.